The van der Waals surface area contributed by atoms with Crippen molar-refractivity contribution in [3.05, 3.63) is 0 Å². The van der Waals surface area contributed by atoms with Gasteiger partial charge in [0.2, 0.25) is 11.8 Å². The lowest BCUT2D eigenvalue weighted by atomic mass is 10.1. The molecule has 1 N–H and O–H groups in total. The van der Waals surface area contributed by atoms with Crippen LogP contribution >= 0.6 is 0 Å². The first-order chi connectivity index (χ1) is 9.42. The predicted octanol–water partition coefficient (Wildman–Crippen LogP) is -0.197. The molecule has 1 aliphatic heterocycles. The fraction of sp³-hybridized carbons (Fsp3) is 0.769. The van der Waals surface area contributed by atoms with Crippen LogP contribution in [0.1, 0.15) is 19.8 Å². The van der Waals surface area contributed by atoms with Crippen molar-refractivity contribution in [2.75, 3.05) is 33.9 Å². The third-order valence-electron chi connectivity index (χ3n) is 3.62. The molecular formula is C13H22N2O5. The fourth-order valence-electron chi connectivity index (χ4n) is 2.41. The lowest BCUT2D eigenvalue weighted by Gasteiger charge is -2.26. The average Bonchev–Trinajstić information content (AvgIpc) is 2.77. The number of nitrogens with zero attached hydrogens (tertiary/aromatic N) is 2. The van der Waals surface area contributed by atoms with Gasteiger partial charge in [-0.15, -0.1) is 0 Å². The predicted molar refractivity (Wildman–Crippen MR) is 71.0 cm³/mol. The fourth-order valence-corrected chi connectivity index (χ4v) is 2.41. The molecule has 114 valence electrons. The van der Waals surface area contributed by atoms with Gasteiger partial charge in [-0.05, 0) is 6.42 Å². The number of ether oxygens (including phenoxy) is 1. The van der Waals surface area contributed by atoms with Crippen LogP contribution in [0.2, 0.25) is 0 Å². The molecule has 1 heterocycles. The maximum atomic E-state index is 12.3. The largest absolute Gasteiger partial charge is 0.480 e. The van der Waals surface area contributed by atoms with Crippen LogP contribution in [0.5, 0.6) is 0 Å². The number of hydrogen-bond donors (Lipinski definition) is 1. The van der Waals surface area contributed by atoms with Crippen LogP contribution in [0.3, 0.4) is 0 Å². The molecule has 2 atom stereocenters. The smallest absolute Gasteiger partial charge is 0.326 e. The summed E-state index contributed by atoms with van der Waals surface area (Å²) in [5.41, 5.74) is 0. The van der Waals surface area contributed by atoms with Crippen molar-refractivity contribution in [1.82, 2.24) is 9.80 Å². The minimum Gasteiger partial charge on any atom is -0.480 e. The molecule has 1 aliphatic rings. The topological polar surface area (TPSA) is 87.2 Å². The van der Waals surface area contributed by atoms with Gasteiger partial charge in [-0.3, -0.25) is 9.59 Å². The molecule has 0 spiro atoms. The SMILES string of the molecule is CCC(C(=O)O)N(C)C(=O)C1CC(=O)N(CCOC)C1. The second kappa shape index (κ2) is 7.23. The van der Waals surface area contributed by atoms with Crippen molar-refractivity contribution >= 4 is 17.8 Å². The van der Waals surface area contributed by atoms with Gasteiger partial charge in [0, 0.05) is 33.7 Å². The van der Waals surface area contributed by atoms with Gasteiger partial charge >= 0.3 is 5.97 Å². The molecule has 2 unspecified atom stereocenters. The molecule has 2 amide bonds. The van der Waals surface area contributed by atoms with Gasteiger partial charge in [0.15, 0.2) is 0 Å². The highest BCUT2D eigenvalue weighted by Crippen LogP contribution is 2.21. The van der Waals surface area contributed by atoms with E-state index in [1.54, 1.807) is 18.9 Å². The van der Waals surface area contributed by atoms with Crippen LogP contribution in [0, 0.1) is 5.92 Å². The van der Waals surface area contributed by atoms with Gasteiger partial charge in [0.1, 0.15) is 6.04 Å². The van der Waals surface area contributed by atoms with Gasteiger partial charge < -0.3 is 19.6 Å². The minimum absolute atomic E-state index is 0.0860. The standard InChI is InChI=1S/C13H22N2O5/c1-4-10(13(18)19)14(2)12(17)9-7-11(16)15(8-9)5-6-20-3/h9-10H,4-8H2,1-3H3,(H,18,19). The Bertz CT molecular complexity index is 385. The zero-order valence-electron chi connectivity index (χ0n) is 12.2. The Morgan fingerprint density at radius 2 is 2.20 bits per heavy atom. The summed E-state index contributed by atoms with van der Waals surface area (Å²) < 4.78 is 4.92. The Hall–Kier alpha value is -1.63. The van der Waals surface area contributed by atoms with Crippen molar-refractivity contribution < 1.29 is 24.2 Å². The second-order valence-corrected chi connectivity index (χ2v) is 4.95. The number of likely N-dealkylation sites (N-methyl/N-ethyl adjacent to an activating group) is 1. The van der Waals surface area contributed by atoms with Gasteiger partial charge in [-0.2, -0.15) is 0 Å². The zero-order chi connectivity index (χ0) is 15.3. The maximum Gasteiger partial charge on any atom is 0.326 e. The highest BCUT2D eigenvalue weighted by molar-refractivity contribution is 5.91. The van der Waals surface area contributed by atoms with E-state index in [2.05, 4.69) is 0 Å². The second-order valence-electron chi connectivity index (χ2n) is 4.95. The van der Waals surface area contributed by atoms with Crippen LogP contribution in [-0.4, -0.2) is 72.6 Å². The van der Waals surface area contributed by atoms with Gasteiger partial charge in [0.25, 0.3) is 0 Å². The van der Waals surface area contributed by atoms with Gasteiger partial charge in [-0.25, -0.2) is 4.79 Å². The monoisotopic (exact) mass is 286 g/mol. The molecule has 0 bridgehead atoms. The number of methoxy groups -OCH3 is 1. The van der Waals surface area contributed by atoms with Gasteiger partial charge in [0.05, 0.1) is 12.5 Å². The summed E-state index contributed by atoms with van der Waals surface area (Å²) in [5.74, 6) is -1.86. The Balaban J connectivity index is 2.64. The van der Waals surface area contributed by atoms with Crippen LogP contribution in [0.25, 0.3) is 0 Å². The highest BCUT2D eigenvalue weighted by Gasteiger charge is 2.37. The summed E-state index contributed by atoms with van der Waals surface area (Å²) in [7, 11) is 3.03. The van der Waals surface area contributed by atoms with E-state index in [0.29, 0.717) is 26.1 Å². The van der Waals surface area contributed by atoms with E-state index in [-0.39, 0.29) is 18.2 Å². The van der Waals surface area contributed by atoms with Crippen molar-refractivity contribution in [1.29, 1.82) is 0 Å². The molecule has 0 radical (unpaired) electrons. The minimum atomic E-state index is -1.02. The van der Waals surface area contributed by atoms with E-state index in [1.807, 2.05) is 0 Å². The van der Waals surface area contributed by atoms with Crippen molar-refractivity contribution in [3.8, 4) is 0 Å². The molecule has 1 fully saturated rings. The number of likely N-dealkylation sites (tertiary alicyclic amines) is 1. The molecule has 20 heavy (non-hydrogen) atoms. The number of carbonyl (C=O) groups is 3. The Labute approximate surface area is 118 Å². The summed E-state index contributed by atoms with van der Waals surface area (Å²) in [4.78, 5) is 37.9. The maximum absolute atomic E-state index is 12.3. The molecule has 0 saturated carbocycles. The lowest BCUT2D eigenvalue weighted by molar-refractivity contribution is -0.150. The number of rotatable bonds is 7. The molecule has 1 saturated heterocycles. The number of hydrogen-bond acceptors (Lipinski definition) is 4. The summed E-state index contributed by atoms with van der Waals surface area (Å²) in [5, 5.41) is 9.07. The van der Waals surface area contributed by atoms with E-state index < -0.39 is 17.9 Å². The van der Waals surface area contributed by atoms with Crippen LogP contribution in [0.4, 0.5) is 0 Å². The molecule has 0 aromatic heterocycles. The summed E-state index contributed by atoms with van der Waals surface area (Å²) in [6, 6.07) is -0.842. The number of amides is 2. The summed E-state index contributed by atoms with van der Waals surface area (Å²) in [6.07, 6.45) is 0.481. The Morgan fingerprint density at radius 3 is 2.70 bits per heavy atom. The molecular weight excluding hydrogens is 264 g/mol. The van der Waals surface area contributed by atoms with Gasteiger partial charge in [-0.1, -0.05) is 6.92 Å². The molecule has 0 aromatic carbocycles. The number of aliphatic carboxylic acids is 1. The van der Waals surface area contributed by atoms with Crippen LogP contribution in [-0.2, 0) is 19.1 Å². The lowest BCUT2D eigenvalue weighted by Crippen LogP contribution is -2.45. The molecule has 1 rings (SSSR count). The zero-order valence-corrected chi connectivity index (χ0v) is 12.2. The number of carboxylic acid groups (broad SMARTS) is 1. The van der Waals surface area contributed by atoms with E-state index in [4.69, 9.17) is 9.84 Å². The van der Waals surface area contributed by atoms with E-state index in [9.17, 15) is 14.4 Å². The van der Waals surface area contributed by atoms with Crippen molar-refractivity contribution in [3.63, 3.8) is 0 Å². The first kappa shape index (κ1) is 16.4. The third-order valence-corrected chi connectivity index (χ3v) is 3.62. The number of carbonyl (C=O) groups excluding carboxylic acids is 2. The summed E-state index contributed by atoms with van der Waals surface area (Å²) in [6.45, 7) is 2.93. The number of carboxylic acids is 1. The van der Waals surface area contributed by atoms with E-state index in [0.717, 1.165) is 0 Å². The average molecular weight is 286 g/mol. The Morgan fingerprint density at radius 1 is 1.55 bits per heavy atom. The normalized spacial score (nSPS) is 20.1. The van der Waals surface area contributed by atoms with Crippen molar-refractivity contribution in [2.24, 2.45) is 5.92 Å². The molecule has 7 nitrogen and oxygen atoms in total. The molecule has 0 aromatic rings. The first-order valence-corrected chi connectivity index (χ1v) is 6.68. The van der Waals surface area contributed by atoms with E-state index >= 15 is 0 Å². The van der Waals surface area contributed by atoms with Crippen molar-refractivity contribution in [2.45, 2.75) is 25.8 Å². The first-order valence-electron chi connectivity index (χ1n) is 6.68. The molecule has 0 aliphatic carbocycles. The molecule has 7 heteroatoms. The quantitative estimate of drug-likeness (QED) is 0.700. The van der Waals surface area contributed by atoms with E-state index in [1.165, 1.54) is 11.9 Å². The summed E-state index contributed by atoms with van der Waals surface area (Å²) >= 11 is 0. The van der Waals surface area contributed by atoms with Crippen LogP contribution in [0.15, 0.2) is 0 Å². The van der Waals surface area contributed by atoms with Crippen LogP contribution < -0.4 is 0 Å². The Kier molecular flexibility index (Phi) is 5.94. The highest BCUT2D eigenvalue weighted by atomic mass is 16.5. The third kappa shape index (κ3) is 3.69.